The lowest BCUT2D eigenvalue weighted by Gasteiger charge is -2.38. The quantitative estimate of drug-likeness (QED) is 0.705. The predicted octanol–water partition coefficient (Wildman–Crippen LogP) is 1.36. The largest absolute Gasteiger partial charge is 0.507 e. The zero-order valence-electron chi connectivity index (χ0n) is 11.5. The molecule has 2 unspecified atom stereocenters. The Morgan fingerprint density at radius 2 is 1.95 bits per heavy atom. The predicted molar refractivity (Wildman–Crippen MR) is 71.4 cm³/mol. The first kappa shape index (κ1) is 14.0. The van der Waals surface area contributed by atoms with Crippen LogP contribution >= 0.6 is 0 Å². The molecule has 0 saturated carbocycles. The van der Waals surface area contributed by atoms with E-state index in [1.54, 1.807) is 19.9 Å². The fourth-order valence-corrected chi connectivity index (χ4v) is 3.00. The molecule has 1 aromatic carbocycles. The molecule has 0 aromatic heterocycles. The molecule has 1 aliphatic rings. The monoisotopic (exact) mass is 264 g/mol. The molecule has 4 nitrogen and oxygen atoms in total. The van der Waals surface area contributed by atoms with E-state index in [0.717, 1.165) is 16.7 Å². The molecule has 0 spiro atoms. The van der Waals surface area contributed by atoms with Crippen LogP contribution in [0.2, 0.25) is 0 Å². The molecular weight excluding hydrogens is 244 g/mol. The van der Waals surface area contributed by atoms with Gasteiger partial charge in [0.25, 0.3) is 0 Å². The highest BCUT2D eigenvalue weighted by Crippen LogP contribution is 2.38. The van der Waals surface area contributed by atoms with Crippen molar-refractivity contribution in [1.82, 2.24) is 0 Å². The number of fused-ring (bicyclic) bond motifs is 1. The van der Waals surface area contributed by atoms with Gasteiger partial charge in [-0.05, 0) is 56.4 Å². The molecule has 1 aliphatic carbocycles. The van der Waals surface area contributed by atoms with Gasteiger partial charge in [0, 0.05) is 5.92 Å². The second-order valence-electron chi connectivity index (χ2n) is 5.94. The highest BCUT2D eigenvalue weighted by atomic mass is 16.3. The Bertz CT molecular complexity index is 514. The molecule has 0 saturated heterocycles. The lowest BCUT2D eigenvalue weighted by atomic mass is 9.72. The van der Waals surface area contributed by atoms with E-state index < -0.39 is 11.7 Å². The molecule has 2 rings (SSSR count). The average molecular weight is 264 g/mol. The summed E-state index contributed by atoms with van der Waals surface area (Å²) in [6.45, 7) is 5.16. The summed E-state index contributed by atoms with van der Waals surface area (Å²) in [7, 11) is 0. The Labute approximate surface area is 112 Å². The number of phenols is 1. The van der Waals surface area contributed by atoms with E-state index in [9.17, 15) is 20.1 Å². The fraction of sp³-hybridized carbons (Fsp3) is 0.533. The van der Waals surface area contributed by atoms with E-state index >= 15 is 0 Å². The van der Waals surface area contributed by atoms with Gasteiger partial charge in [0.2, 0.25) is 0 Å². The smallest absolute Gasteiger partial charge is 0.154 e. The first-order chi connectivity index (χ1) is 8.75. The van der Waals surface area contributed by atoms with Crippen LogP contribution in [0, 0.1) is 12.8 Å². The molecule has 3 N–H and O–H groups in total. The number of aromatic hydroxyl groups is 1. The number of rotatable bonds is 2. The Balaban J connectivity index is 2.56. The summed E-state index contributed by atoms with van der Waals surface area (Å²) >= 11 is 0. The van der Waals surface area contributed by atoms with E-state index in [2.05, 4.69) is 0 Å². The topological polar surface area (TPSA) is 77.8 Å². The lowest BCUT2D eigenvalue weighted by Crippen LogP contribution is -2.44. The minimum absolute atomic E-state index is 0.0304. The summed E-state index contributed by atoms with van der Waals surface area (Å²) in [6, 6.07) is 1.56. The molecule has 0 bridgehead atoms. The van der Waals surface area contributed by atoms with Crippen molar-refractivity contribution < 1.29 is 20.1 Å². The van der Waals surface area contributed by atoms with Gasteiger partial charge in [-0.3, -0.25) is 4.79 Å². The van der Waals surface area contributed by atoms with E-state index in [4.69, 9.17) is 0 Å². The fourth-order valence-electron chi connectivity index (χ4n) is 3.00. The van der Waals surface area contributed by atoms with Crippen LogP contribution in [0.25, 0.3) is 0 Å². The SMILES string of the molecule is Cc1cc(O)c(C=O)c2c1CC(O)C(C(C)(C)O)C2. The summed E-state index contributed by atoms with van der Waals surface area (Å²) in [5.74, 6) is -0.378. The first-order valence-electron chi connectivity index (χ1n) is 6.45. The van der Waals surface area contributed by atoms with Crippen molar-refractivity contribution in [2.45, 2.75) is 45.3 Å². The molecule has 0 radical (unpaired) electrons. The number of aliphatic hydroxyl groups is 2. The van der Waals surface area contributed by atoms with Crippen LogP contribution in [0.1, 0.15) is 40.9 Å². The summed E-state index contributed by atoms with van der Waals surface area (Å²) < 4.78 is 0. The van der Waals surface area contributed by atoms with Crippen LogP contribution in [-0.2, 0) is 12.8 Å². The van der Waals surface area contributed by atoms with E-state index in [1.807, 2.05) is 6.92 Å². The minimum atomic E-state index is -1.03. The Morgan fingerprint density at radius 1 is 1.32 bits per heavy atom. The third-order valence-electron chi connectivity index (χ3n) is 4.12. The highest BCUT2D eigenvalue weighted by Gasteiger charge is 2.38. The summed E-state index contributed by atoms with van der Waals surface area (Å²) in [6.07, 6.45) is 0.794. The molecule has 1 aromatic rings. The Hall–Kier alpha value is -1.39. The van der Waals surface area contributed by atoms with Crippen LogP contribution in [0.5, 0.6) is 5.75 Å². The maximum Gasteiger partial charge on any atom is 0.154 e. The number of hydrogen-bond donors (Lipinski definition) is 3. The second-order valence-corrected chi connectivity index (χ2v) is 5.94. The normalized spacial score (nSPS) is 23.0. The number of aldehydes is 1. The Morgan fingerprint density at radius 3 is 2.47 bits per heavy atom. The number of aliphatic hydroxyl groups excluding tert-OH is 1. The van der Waals surface area contributed by atoms with Gasteiger partial charge < -0.3 is 15.3 Å². The van der Waals surface area contributed by atoms with Gasteiger partial charge in [-0.15, -0.1) is 0 Å². The standard InChI is InChI=1S/C15H20O4/c1-8-4-13(17)11(7-16)10-5-12(15(2,3)19)14(18)6-9(8)10/h4,7,12,14,17-19H,5-6H2,1-3H3. The third-order valence-corrected chi connectivity index (χ3v) is 4.12. The first-order valence-corrected chi connectivity index (χ1v) is 6.45. The van der Waals surface area contributed by atoms with Crippen molar-refractivity contribution in [3.05, 3.63) is 28.3 Å². The number of phenolic OH excluding ortho intramolecular Hbond substituents is 1. The number of benzene rings is 1. The van der Waals surface area contributed by atoms with Crippen molar-refractivity contribution in [3.63, 3.8) is 0 Å². The molecular formula is C15H20O4. The van der Waals surface area contributed by atoms with Gasteiger partial charge in [0.15, 0.2) is 6.29 Å². The average Bonchev–Trinajstić information content (AvgIpc) is 2.28. The van der Waals surface area contributed by atoms with Crippen LogP contribution in [-0.4, -0.2) is 33.3 Å². The van der Waals surface area contributed by atoms with Crippen LogP contribution in [0.15, 0.2) is 6.07 Å². The third kappa shape index (κ3) is 2.38. The number of aryl methyl sites for hydroxylation is 1. The van der Waals surface area contributed by atoms with Crippen molar-refractivity contribution >= 4 is 6.29 Å². The van der Waals surface area contributed by atoms with Gasteiger partial charge >= 0.3 is 0 Å². The van der Waals surface area contributed by atoms with Gasteiger partial charge in [-0.25, -0.2) is 0 Å². The highest BCUT2D eigenvalue weighted by molar-refractivity contribution is 5.83. The summed E-state index contributed by atoms with van der Waals surface area (Å²) in [4.78, 5) is 11.2. The number of hydrogen-bond acceptors (Lipinski definition) is 4. The van der Waals surface area contributed by atoms with Crippen LogP contribution in [0.3, 0.4) is 0 Å². The van der Waals surface area contributed by atoms with Crippen molar-refractivity contribution in [2.24, 2.45) is 5.92 Å². The molecule has 104 valence electrons. The molecule has 0 heterocycles. The zero-order valence-corrected chi connectivity index (χ0v) is 11.5. The van der Waals surface area contributed by atoms with E-state index in [1.165, 1.54) is 0 Å². The molecule has 4 heteroatoms. The van der Waals surface area contributed by atoms with Gasteiger partial charge in [-0.1, -0.05) is 0 Å². The Kier molecular flexibility index (Phi) is 3.41. The minimum Gasteiger partial charge on any atom is -0.507 e. The molecule has 0 fully saturated rings. The summed E-state index contributed by atoms with van der Waals surface area (Å²) in [5, 5.41) is 30.2. The van der Waals surface area contributed by atoms with E-state index in [0.29, 0.717) is 19.1 Å². The number of carbonyl (C=O) groups excluding carboxylic acids is 1. The maximum absolute atomic E-state index is 11.2. The molecule has 2 atom stereocenters. The molecule has 0 aliphatic heterocycles. The van der Waals surface area contributed by atoms with Gasteiger partial charge in [0.1, 0.15) is 5.75 Å². The lowest BCUT2D eigenvalue weighted by molar-refractivity contribution is -0.0501. The molecule has 19 heavy (non-hydrogen) atoms. The van der Waals surface area contributed by atoms with Crippen LogP contribution < -0.4 is 0 Å². The van der Waals surface area contributed by atoms with E-state index in [-0.39, 0.29) is 17.2 Å². The van der Waals surface area contributed by atoms with Gasteiger partial charge in [0.05, 0.1) is 17.3 Å². The number of carbonyl (C=O) groups is 1. The van der Waals surface area contributed by atoms with Crippen molar-refractivity contribution in [3.8, 4) is 5.75 Å². The van der Waals surface area contributed by atoms with Crippen LogP contribution in [0.4, 0.5) is 0 Å². The maximum atomic E-state index is 11.2. The molecule has 0 amide bonds. The second kappa shape index (κ2) is 4.62. The van der Waals surface area contributed by atoms with Crippen molar-refractivity contribution in [2.75, 3.05) is 0 Å². The summed E-state index contributed by atoms with van der Waals surface area (Å²) in [5.41, 5.74) is 1.78. The van der Waals surface area contributed by atoms with Crippen molar-refractivity contribution in [1.29, 1.82) is 0 Å². The van der Waals surface area contributed by atoms with Gasteiger partial charge in [-0.2, -0.15) is 0 Å². The zero-order chi connectivity index (χ0) is 14.4.